The van der Waals surface area contributed by atoms with Crippen molar-refractivity contribution in [3.63, 3.8) is 0 Å². The average Bonchev–Trinajstić information content (AvgIpc) is 2.23. The molecule has 0 saturated carbocycles. The molecule has 1 aliphatic heterocycles. The third kappa shape index (κ3) is 5.40. The molecule has 2 N–H and O–H groups in total. The highest BCUT2D eigenvalue weighted by molar-refractivity contribution is 5.73. The van der Waals surface area contributed by atoms with Gasteiger partial charge >= 0.3 is 0 Å². The number of terminal acetylenes is 1. The van der Waals surface area contributed by atoms with E-state index in [2.05, 4.69) is 11.2 Å². The Morgan fingerprint density at radius 1 is 1.67 bits per heavy atom. The number of amides is 1. The zero-order chi connectivity index (χ0) is 11.7. The fraction of sp³-hybridized carbons (Fsp3) is 0.727. The molecule has 1 amide bonds. The number of rotatable bonds is 2. The second-order valence-electron chi connectivity index (χ2n) is 3.27. The van der Waals surface area contributed by atoms with Crippen LogP contribution in [0.5, 0.6) is 0 Å². The SMILES string of the molecule is C#CC[C@H]1OCCCC1NC(C)=O.CO. The predicted molar refractivity (Wildman–Crippen MR) is 58.2 cm³/mol. The number of carbonyl (C=O) groups is 1. The predicted octanol–water partition coefficient (Wildman–Crippen LogP) is 0.302. The Balaban J connectivity index is 0.000000921. The normalized spacial score (nSPS) is 24.4. The molecule has 1 rings (SSSR count). The molecule has 0 aromatic heterocycles. The van der Waals surface area contributed by atoms with E-state index in [1.165, 1.54) is 6.92 Å². The summed E-state index contributed by atoms with van der Waals surface area (Å²) in [7, 11) is 1.00. The van der Waals surface area contributed by atoms with E-state index in [9.17, 15) is 4.79 Å². The van der Waals surface area contributed by atoms with Gasteiger partial charge in [-0.2, -0.15) is 0 Å². The van der Waals surface area contributed by atoms with Gasteiger partial charge in [-0.3, -0.25) is 4.79 Å². The minimum absolute atomic E-state index is 0.00245. The smallest absolute Gasteiger partial charge is 0.217 e. The maximum absolute atomic E-state index is 10.8. The topological polar surface area (TPSA) is 58.6 Å². The maximum Gasteiger partial charge on any atom is 0.217 e. The van der Waals surface area contributed by atoms with E-state index < -0.39 is 0 Å². The van der Waals surface area contributed by atoms with Crippen molar-refractivity contribution in [3.05, 3.63) is 0 Å². The van der Waals surface area contributed by atoms with Crippen LogP contribution in [0.25, 0.3) is 0 Å². The molecule has 0 aromatic carbocycles. The first-order valence-electron chi connectivity index (χ1n) is 5.01. The summed E-state index contributed by atoms with van der Waals surface area (Å²) in [5, 5.41) is 9.86. The zero-order valence-electron chi connectivity index (χ0n) is 9.32. The fourth-order valence-corrected chi connectivity index (χ4v) is 1.58. The second kappa shape index (κ2) is 8.27. The van der Waals surface area contributed by atoms with Crippen LogP contribution in [0.15, 0.2) is 0 Å². The molecule has 86 valence electrons. The molecule has 15 heavy (non-hydrogen) atoms. The summed E-state index contributed by atoms with van der Waals surface area (Å²) in [6, 6.07) is 0.0994. The van der Waals surface area contributed by atoms with Gasteiger partial charge in [0, 0.05) is 27.1 Å². The van der Waals surface area contributed by atoms with Crippen LogP contribution in [-0.4, -0.2) is 36.9 Å². The molecule has 4 nitrogen and oxygen atoms in total. The Labute approximate surface area is 91.0 Å². The van der Waals surface area contributed by atoms with Crippen LogP contribution in [0.4, 0.5) is 0 Å². The molecule has 0 radical (unpaired) electrons. The van der Waals surface area contributed by atoms with E-state index >= 15 is 0 Å². The minimum Gasteiger partial charge on any atom is -0.400 e. The summed E-state index contributed by atoms with van der Waals surface area (Å²) in [5.74, 6) is 2.55. The Morgan fingerprint density at radius 3 is 2.87 bits per heavy atom. The van der Waals surface area contributed by atoms with Gasteiger partial charge < -0.3 is 15.2 Å². The van der Waals surface area contributed by atoms with Gasteiger partial charge in [0.25, 0.3) is 0 Å². The first kappa shape index (κ1) is 13.9. The molecule has 0 aromatic rings. The summed E-state index contributed by atoms with van der Waals surface area (Å²) in [6.07, 6.45) is 7.74. The van der Waals surface area contributed by atoms with Crippen LogP contribution in [-0.2, 0) is 9.53 Å². The zero-order valence-corrected chi connectivity index (χ0v) is 9.32. The van der Waals surface area contributed by atoms with E-state index in [0.717, 1.165) is 26.6 Å². The molecule has 2 atom stereocenters. The van der Waals surface area contributed by atoms with E-state index in [4.69, 9.17) is 16.3 Å². The molecule has 1 aliphatic rings. The number of hydrogen-bond acceptors (Lipinski definition) is 3. The van der Waals surface area contributed by atoms with Crippen LogP contribution >= 0.6 is 0 Å². The van der Waals surface area contributed by atoms with Crippen molar-refractivity contribution in [3.8, 4) is 12.3 Å². The van der Waals surface area contributed by atoms with E-state index in [1.54, 1.807) is 0 Å². The highest BCUT2D eigenvalue weighted by Gasteiger charge is 2.25. The molecule has 1 unspecified atom stereocenters. The van der Waals surface area contributed by atoms with Crippen molar-refractivity contribution < 1.29 is 14.6 Å². The Bertz CT molecular complexity index is 222. The van der Waals surface area contributed by atoms with Crippen LogP contribution in [0.2, 0.25) is 0 Å². The third-order valence-corrected chi connectivity index (χ3v) is 2.15. The highest BCUT2D eigenvalue weighted by Crippen LogP contribution is 2.16. The maximum atomic E-state index is 10.8. The van der Waals surface area contributed by atoms with Gasteiger partial charge in [0.15, 0.2) is 0 Å². The molecule has 1 heterocycles. The van der Waals surface area contributed by atoms with Crippen molar-refractivity contribution >= 4 is 5.91 Å². The van der Waals surface area contributed by atoms with Gasteiger partial charge in [-0.1, -0.05) is 0 Å². The molecule has 4 heteroatoms. The van der Waals surface area contributed by atoms with Crippen molar-refractivity contribution in [1.82, 2.24) is 5.32 Å². The molecule has 0 spiro atoms. The lowest BCUT2D eigenvalue weighted by Crippen LogP contribution is -2.46. The summed E-state index contributed by atoms with van der Waals surface area (Å²) >= 11 is 0. The molecule has 1 fully saturated rings. The average molecular weight is 213 g/mol. The number of aliphatic hydroxyl groups is 1. The summed E-state index contributed by atoms with van der Waals surface area (Å²) in [4.78, 5) is 10.8. The molecular weight excluding hydrogens is 194 g/mol. The Kier molecular flexibility index (Phi) is 7.69. The van der Waals surface area contributed by atoms with Gasteiger partial charge in [-0.15, -0.1) is 12.3 Å². The highest BCUT2D eigenvalue weighted by atomic mass is 16.5. The van der Waals surface area contributed by atoms with E-state index in [-0.39, 0.29) is 18.1 Å². The van der Waals surface area contributed by atoms with Gasteiger partial charge in [0.05, 0.1) is 12.1 Å². The third-order valence-electron chi connectivity index (χ3n) is 2.15. The lowest BCUT2D eigenvalue weighted by Gasteiger charge is -2.30. The summed E-state index contributed by atoms with van der Waals surface area (Å²) in [5.41, 5.74) is 0. The van der Waals surface area contributed by atoms with Crippen LogP contribution in [0.1, 0.15) is 26.2 Å². The van der Waals surface area contributed by atoms with Gasteiger partial charge in [-0.05, 0) is 12.8 Å². The number of hydrogen-bond donors (Lipinski definition) is 2. The number of carbonyl (C=O) groups excluding carboxylic acids is 1. The first-order valence-corrected chi connectivity index (χ1v) is 5.01. The monoisotopic (exact) mass is 213 g/mol. The minimum atomic E-state index is -0.0162. The van der Waals surface area contributed by atoms with Crippen molar-refractivity contribution in [1.29, 1.82) is 0 Å². The number of aliphatic hydroxyl groups excluding tert-OH is 1. The Hall–Kier alpha value is -1.05. The first-order chi connectivity index (χ1) is 7.24. The fourth-order valence-electron chi connectivity index (χ4n) is 1.58. The van der Waals surface area contributed by atoms with Crippen molar-refractivity contribution in [2.75, 3.05) is 13.7 Å². The van der Waals surface area contributed by atoms with Gasteiger partial charge in [0.2, 0.25) is 5.91 Å². The molecule has 0 aliphatic carbocycles. The lowest BCUT2D eigenvalue weighted by atomic mass is 10.0. The van der Waals surface area contributed by atoms with Gasteiger partial charge in [0.1, 0.15) is 0 Å². The molecular formula is C11H19NO3. The van der Waals surface area contributed by atoms with Crippen LogP contribution < -0.4 is 5.32 Å². The van der Waals surface area contributed by atoms with E-state index in [1.807, 2.05) is 0 Å². The second-order valence-corrected chi connectivity index (χ2v) is 3.27. The molecule has 1 saturated heterocycles. The summed E-state index contributed by atoms with van der Waals surface area (Å²) < 4.78 is 5.47. The van der Waals surface area contributed by atoms with Crippen LogP contribution in [0, 0.1) is 12.3 Å². The van der Waals surface area contributed by atoms with Crippen molar-refractivity contribution in [2.24, 2.45) is 0 Å². The number of ether oxygens (including phenoxy) is 1. The van der Waals surface area contributed by atoms with Crippen LogP contribution in [0.3, 0.4) is 0 Å². The van der Waals surface area contributed by atoms with Gasteiger partial charge in [-0.25, -0.2) is 0 Å². The lowest BCUT2D eigenvalue weighted by molar-refractivity contribution is -0.121. The quantitative estimate of drug-likeness (QED) is 0.649. The van der Waals surface area contributed by atoms with Crippen molar-refractivity contribution in [2.45, 2.75) is 38.3 Å². The summed E-state index contributed by atoms with van der Waals surface area (Å²) in [6.45, 7) is 2.27. The van der Waals surface area contributed by atoms with E-state index in [0.29, 0.717) is 6.42 Å². The number of nitrogens with one attached hydrogen (secondary N) is 1. The Morgan fingerprint density at radius 2 is 2.33 bits per heavy atom. The largest absolute Gasteiger partial charge is 0.400 e. The standard InChI is InChI=1S/C10H15NO2.CH4O/c1-3-5-10-9(11-8(2)12)6-4-7-13-10;1-2/h1,9-10H,4-7H2,2H3,(H,11,12);2H,1H3/t9?,10-;/m1./s1. The molecule has 0 bridgehead atoms.